The zero-order chi connectivity index (χ0) is 20.7. The maximum absolute atomic E-state index is 12.4. The van der Waals surface area contributed by atoms with E-state index in [4.69, 9.17) is 4.74 Å². The number of para-hydroxylation sites is 1. The van der Waals surface area contributed by atoms with Crippen LogP contribution < -0.4 is 9.46 Å². The first-order chi connectivity index (χ1) is 14.0. The molecule has 0 spiro atoms. The molecule has 0 bridgehead atoms. The Morgan fingerprint density at radius 2 is 1.59 bits per heavy atom. The van der Waals surface area contributed by atoms with Crippen LogP contribution in [0.4, 0.5) is 0 Å². The molecule has 0 radical (unpaired) electrons. The summed E-state index contributed by atoms with van der Waals surface area (Å²) in [6.07, 6.45) is 3.11. The van der Waals surface area contributed by atoms with Gasteiger partial charge < -0.3 is 4.74 Å². The number of rotatable bonds is 8. The van der Waals surface area contributed by atoms with Gasteiger partial charge in [0.1, 0.15) is 5.75 Å². The topological polar surface area (TPSA) is 72.5 Å². The molecule has 0 aliphatic carbocycles. The second-order valence-corrected chi connectivity index (χ2v) is 8.04. The summed E-state index contributed by atoms with van der Waals surface area (Å²) in [4.78, 5) is 12.5. The SMILES string of the molecule is COc1ccccc1/C=C/C(=O)c1ccc(S(=O)(=O)NCc2ccccc2)cc1. The molecule has 0 fully saturated rings. The number of nitrogens with one attached hydrogen (secondary N) is 1. The van der Waals surface area contributed by atoms with Crippen LogP contribution in [0.2, 0.25) is 0 Å². The van der Waals surface area contributed by atoms with Crippen molar-refractivity contribution in [1.29, 1.82) is 0 Å². The summed E-state index contributed by atoms with van der Waals surface area (Å²) in [5.41, 5.74) is 2.05. The Hall–Kier alpha value is -3.22. The number of benzene rings is 3. The van der Waals surface area contributed by atoms with Crippen molar-refractivity contribution in [2.24, 2.45) is 0 Å². The summed E-state index contributed by atoms with van der Waals surface area (Å²) in [6, 6.07) is 22.5. The maximum Gasteiger partial charge on any atom is 0.240 e. The predicted molar refractivity (Wildman–Crippen MR) is 113 cm³/mol. The van der Waals surface area contributed by atoms with Gasteiger partial charge in [-0.15, -0.1) is 0 Å². The second-order valence-electron chi connectivity index (χ2n) is 6.27. The van der Waals surface area contributed by atoms with Gasteiger partial charge in [-0.1, -0.05) is 48.5 Å². The molecule has 5 nitrogen and oxygen atoms in total. The number of hydrogen-bond acceptors (Lipinski definition) is 4. The molecule has 0 saturated carbocycles. The van der Waals surface area contributed by atoms with Gasteiger partial charge in [0.15, 0.2) is 5.78 Å². The van der Waals surface area contributed by atoms with E-state index in [9.17, 15) is 13.2 Å². The summed E-state index contributed by atoms with van der Waals surface area (Å²) in [6.45, 7) is 0.200. The summed E-state index contributed by atoms with van der Waals surface area (Å²) in [5, 5.41) is 0. The average molecular weight is 407 g/mol. The molecule has 148 valence electrons. The molecule has 0 amide bonds. The summed E-state index contributed by atoms with van der Waals surface area (Å²) in [7, 11) is -2.09. The van der Waals surface area contributed by atoms with Gasteiger partial charge in [-0.05, 0) is 48.0 Å². The minimum Gasteiger partial charge on any atom is -0.496 e. The molecule has 0 aliphatic heterocycles. The van der Waals surface area contributed by atoms with E-state index in [0.717, 1.165) is 11.1 Å². The Morgan fingerprint density at radius 1 is 0.931 bits per heavy atom. The fourth-order valence-corrected chi connectivity index (χ4v) is 3.74. The Bertz CT molecular complexity index is 1110. The first-order valence-corrected chi connectivity index (χ1v) is 10.5. The predicted octanol–water partition coefficient (Wildman–Crippen LogP) is 4.07. The molecule has 0 unspecified atom stereocenters. The van der Waals surface area contributed by atoms with E-state index < -0.39 is 10.0 Å². The van der Waals surface area contributed by atoms with Crippen LogP contribution >= 0.6 is 0 Å². The third-order valence-electron chi connectivity index (χ3n) is 4.31. The van der Waals surface area contributed by atoms with E-state index >= 15 is 0 Å². The van der Waals surface area contributed by atoms with Crippen molar-refractivity contribution in [2.75, 3.05) is 7.11 Å². The Kier molecular flexibility index (Phi) is 6.59. The third kappa shape index (κ3) is 5.40. The number of ketones is 1. The third-order valence-corrected chi connectivity index (χ3v) is 5.73. The van der Waals surface area contributed by atoms with Gasteiger partial charge in [0, 0.05) is 17.7 Å². The highest BCUT2D eigenvalue weighted by atomic mass is 32.2. The number of carbonyl (C=O) groups excluding carboxylic acids is 1. The molecule has 1 N–H and O–H groups in total. The smallest absolute Gasteiger partial charge is 0.240 e. The molecule has 3 rings (SSSR count). The van der Waals surface area contributed by atoms with E-state index in [1.54, 1.807) is 13.2 Å². The van der Waals surface area contributed by atoms with Gasteiger partial charge in [-0.2, -0.15) is 0 Å². The van der Waals surface area contributed by atoms with E-state index in [1.807, 2.05) is 54.6 Å². The van der Waals surface area contributed by atoms with Gasteiger partial charge in [0.2, 0.25) is 10.0 Å². The van der Waals surface area contributed by atoms with Crippen LogP contribution in [-0.4, -0.2) is 21.3 Å². The number of sulfonamides is 1. The Labute approximate surface area is 170 Å². The van der Waals surface area contributed by atoms with Gasteiger partial charge >= 0.3 is 0 Å². The highest BCUT2D eigenvalue weighted by Crippen LogP contribution is 2.19. The minimum absolute atomic E-state index is 0.110. The summed E-state index contributed by atoms with van der Waals surface area (Å²) >= 11 is 0. The van der Waals surface area contributed by atoms with Crippen LogP contribution in [0.5, 0.6) is 5.75 Å². The van der Waals surface area contributed by atoms with E-state index in [2.05, 4.69) is 4.72 Å². The lowest BCUT2D eigenvalue weighted by atomic mass is 10.1. The molecule has 0 aliphatic rings. The second kappa shape index (κ2) is 9.32. The van der Waals surface area contributed by atoms with Crippen LogP contribution in [0.1, 0.15) is 21.5 Å². The van der Waals surface area contributed by atoms with Crippen molar-refractivity contribution < 1.29 is 17.9 Å². The molecular weight excluding hydrogens is 386 g/mol. The van der Waals surface area contributed by atoms with Crippen molar-refractivity contribution in [3.05, 3.63) is 102 Å². The fraction of sp³-hybridized carbons (Fsp3) is 0.0870. The molecule has 0 atom stereocenters. The molecule has 29 heavy (non-hydrogen) atoms. The number of allylic oxidation sites excluding steroid dienone is 1. The van der Waals surface area contributed by atoms with Crippen molar-refractivity contribution in [2.45, 2.75) is 11.4 Å². The zero-order valence-corrected chi connectivity index (χ0v) is 16.7. The highest BCUT2D eigenvalue weighted by molar-refractivity contribution is 7.89. The first-order valence-electron chi connectivity index (χ1n) is 8.99. The maximum atomic E-state index is 12.4. The number of hydrogen-bond donors (Lipinski definition) is 1. The van der Waals surface area contributed by atoms with E-state index in [0.29, 0.717) is 11.3 Å². The molecular formula is C23H21NO4S. The lowest BCUT2D eigenvalue weighted by molar-refractivity contribution is 0.104. The normalized spacial score (nSPS) is 11.5. The quantitative estimate of drug-likeness (QED) is 0.451. The molecule has 6 heteroatoms. The summed E-state index contributed by atoms with van der Waals surface area (Å²) < 4.78 is 32.7. The minimum atomic E-state index is -3.66. The van der Waals surface area contributed by atoms with Crippen LogP contribution in [0.25, 0.3) is 6.08 Å². The molecule has 0 aromatic heterocycles. The first kappa shape index (κ1) is 20.5. The number of ether oxygens (including phenoxy) is 1. The average Bonchev–Trinajstić information content (AvgIpc) is 2.77. The van der Waals surface area contributed by atoms with Crippen LogP contribution in [-0.2, 0) is 16.6 Å². The van der Waals surface area contributed by atoms with E-state index in [-0.39, 0.29) is 17.2 Å². The standard InChI is InChI=1S/C23H21NO4S/c1-28-23-10-6-5-9-20(23)13-16-22(25)19-11-14-21(15-12-19)29(26,27)24-17-18-7-3-2-4-8-18/h2-16,24H,17H2,1H3/b16-13+. The monoisotopic (exact) mass is 407 g/mol. The van der Waals surface area contributed by atoms with Crippen molar-refractivity contribution in [3.8, 4) is 5.75 Å². The molecule has 3 aromatic carbocycles. The zero-order valence-electron chi connectivity index (χ0n) is 15.9. The van der Waals surface area contributed by atoms with Crippen molar-refractivity contribution in [3.63, 3.8) is 0 Å². The molecule has 0 saturated heterocycles. The Morgan fingerprint density at radius 3 is 2.28 bits per heavy atom. The fourth-order valence-electron chi connectivity index (χ4n) is 2.72. The summed E-state index contributed by atoms with van der Waals surface area (Å²) in [5.74, 6) is 0.444. The van der Waals surface area contributed by atoms with Crippen LogP contribution in [0.15, 0.2) is 89.8 Å². The van der Waals surface area contributed by atoms with Gasteiger partial charge in [-0.3, -0.25) is 4.79 Å². The van der Waals surface area contributed by atoms with Gasteiger partial charge in [0.25, 0.3) is 0 Å². The largest absolute Gasteiger partial charge is 0.496 e. The molecule has 0 heterocycles. The van der Waals surface area contributed by atoms with Crippen LogP contribution in [0.3, 0.4) is 0 Å². The van der Waals surface area contributed by atoms with Crippen LogP contribution in [0, 0.1) is 0 Å². The van der Waals surface area contributed by atoms with Gasteiger partial charge in [-0.25, -0.2) is 13.1 Å². The van der Waals surface area contributed by atoms with Crippen molar-refractivity contribution >= 4 is 21.9 Å². The lowest BCUT2D eigenvalue weighted by Crippen LogP contribution is -2.23. The number of carbonyl (C=O) groups is 1. The van der Waals surface area contributed by atoms with Crippen molar-refractivity contribution in [1.82, 2.24) is 4.72 Å². The Balaban J connectivity index is 1.68. The molecule has 3 aromatic rings. The van der Waals surface area contributed by atoms with Gasteiger partial charge in [0.05, 0.1) is 12.0 Å². The lowest BCUT2D eigenvalue weighted by Gasteiger charge is -2.07. The number of methoxy groups -OCH3 is 1. The highest BCUT2D eigenvalue weighted by Gasteiger charge is 2.14. The van der Waals surface area contributed by atoms with E-state index in [1.165, 1.54) is 30.3 Å².